The Morgan fingerprint density at radius 3 is 2.29 bits per heavy atom. The van der Waals surface area contributed by atoms with Crippen molar-refractivity contribution in [3.8, 4) is 5.82 Å². The predicted octanol–water partition coefficient (Wildman–Crippen LogP) is 2.77. The van der Waals surface area contributed by atoms with Crippen LogP contribution in [0, 0.1) is 6.92 Å². The minimum atomic E-state index is -0.361. The van der Waals surface area contributed by atoms with E-state index in [1.807, 2.05) is 6.07 Å². The largest absolute Gasteiger partial charge is 0.322 e. The van der Waals surface area contributed by atoms with Gasteiger partial charge in [0, 0.05) is 23.0 Å². The number of carbonyl (C=O) groups is 2. The molecule has 0 spiro atoms. The lowest BCUT2D eigenvalue weighted by Gasteiger charge is -2.09. The summed E-state index contributed by atoms with van der Waals surface area (Å²) < 4.78 is 1.46. The number of amides is 2. The summed E-state index contributed by atoms with van der Waals surface area (Å²) in [4.78, 5) is 36.3. The summed E-state index contributed by atoms with van der Waals surface area (Å²) in [5.41, 5.74) is 2.20. The van der Waals surface area contributed by atoms with E-state index in [4.69, 9.17) is 0 Å². The van der Waals surface area contributed by atoms with E-state index in [1.165, 1.54) is 23.0 Å². The van der Waals surface area contributed by atoms with E-state index in [0.29, 0.717) is 34.0 Å². The average molecular weight is 414 g/mol. The monoisotopic (exact) mass is 414 g/mol. The van der Waals surface area contributed by atoms with Crippen LogP contribution in [0.5, 0.6) is 0 Å². The molecular weight excluding hydrogens is 396 g/mol. The highest BCUT2D eigenvalue weighted by Crippen LogP contribution is 2.18. The molecule has 3 N–H and O–H groups in total. The first-order valence-electron chi connectivity index (χ1n) is 9.40. The number of anilines is 2. The zero-order valence-corrected chi connectivity index (χ0v) is 16.5. The normalized spacial score (nSPS) is 10.5. The van der Waals surface area contributed by atoms with Gasteiger partial charge in [0.1, 0.15) is 0 Å². The summed E-state index contributed by atoms with van der Waals surface area (Å²) in [5, 5.41) is 16.1. The van der Waals surface area contributed by atoms with Crippen LogP contribution in [0.4, 0.5) is 11.4 Å². The molecule has 4 rings (SSSR count). The van der Waals surface area contributed by atoms with Gasteiger partial charge >= 0.3 is 0 Å². The molecule has 0 saturated carbocycles. The lowest BCUT2D eigenvalue weighted by Crippen LogP contribution is -2.15. The zero-order chi connectivity index (χ0) is 21.8. The van der Waals surface area contributed by atoms with Gasteiger partial charge in [0.2, 0.25) is 0 Å². The van der Waals surface area contributed by atoms with Crippen molar-refractivity contribution in [2.45, 2.75) is 6.92 Å². The van der Waals surface area contributed by atoms with E-state index >= 15 is 0 Å². The molecular formula is C22H18N6O3. The number of rotatable bonds is 5. The molecule has 9 nitrogen and oxygen atoms in total. The molecule has 2 heterocycles. The quantitative estimate of drug-likeness (QED) is 0.464. The van der Waals surface area contributed by atoms with Crippen molar-refractivity contribution in [3.63, 3.8) is 0 Å². The Balaban J connectivity index is 1.49. The Morgan fingerprint density at radius 1 is 0.903 bits per heavy atom. The Kier molecular flexibility index (Phi) is 5.39. The Morgan fingerprint density at radius 2 is 1.61 bits per heavy atom. The third kappa shape index (κ3) is 4.40. The summed E-state index contributed by atoms with van der Waals surface area (Å²) in [7, 11) is 0. The van der Waals surface area contributed by atoms with Gasteiger partial charge in [-0.15, -0.1) is 0 Å². The fourth-order valence-electron chi connectivity index (χ4n) is 2.98. The van der Waals surface area contributed by atoms with Gasteiger partial charge in [-0.25, -0.2) is 9.78 Å². The molecule has 0 aliphatic heterocycles. The Bertz CT molecular complexity index is 1290. The number of aromatic nitrogens is 4. The third-order valence-corrected chi connectivity index (χ3v) is 4.55. The van der Waals surface area contributed by atoms with Crippen molar-refractivity contribution in [1.29, 1.82) is 0 Å². The minimum absolute atomic E-state index is 0.241. The summed E-state index contributed by atoms with van der Waals surface area (Å²) >= 11 is 0. The molecule has 0 radical (unpaired) electrons. The molecule has 0 fully saturated rings. The first-order chi connectivity index (χ1) is 15.0. The molecule has 31 heavy (non-hydrogen) atoms. The molecule has 2 aromatic carbocycles. The van der Waals surface area contributed by atoms with Crippen molar-refractivity contribution in [1.82, 2.24) is 20.0 Å². The van der Waals surface area contributed by atoms with Crippen LogP contribution in [-0.2, 0) is 0 Å². The number of carbonyl (C=O) groups excluding carboxylic acids is 2. The average Bonchev–Trinajstić information content (AvgIpc) is 3.16. The van der Waals surface area contributed by atoms with Gasteiger partial charge in [-0.05, 0) is 43.3 Å². The zero-order valence-electron chi connectivity index (χ0n) is 16.5. The Hall–Kier alpha value is -4.53. The maximum absolute atomic E-state index is 12.8. The fourth-order valence-corrected chi connectivity index (χ4v) is 2.98. The number of hydrogen-bond acceptors (Lipinski definition) is 5. The van der Waals surface area contributed by atoms with E-state index < -0.39 is 0 Å². The molecule has 4 aromatic rings. The van der Waals surface area contributed by atoms with E-state index in [0.717, 1.165) is 0 Å². The van der Waals surface area contributed by atoms with Crippen LogP contribution in [0.2, 0.25) is 0 Å². The molecule has 0 aliphatic carbocycles. The van der Waals surface area contributed by atoms with E-state index in [-0.39, 0.29) is 17.4 Å². The van der Waals surface area contributed by atoms with Crippen LogP contribution < -0.4 is 16.2 Å². The molecule has 0 saturated heterocycles. The second-order valence-corrected chi connectivity index (χ2v) is 6.69. The Labute approximate surface area is 176 Å². The number of benzene rings is 2. The summed E-state index contributed by atoms with van der Waals surface area (Å²) in [5.74, 6) is -0.212. The third-order valence-electron chi connectivity index (χ3n) is 4.55. The lowest BCUT2D eigenvalue weighted by molar-refractivity contribution is 0.101. The lowest BCUT2D eigenvalue weighted by atomic mass is 10.2. The molecule has 154 valence electrons. The maximum atomic E-state index is 12.8. The van der Waals surface area contributed by atoms with Crippen molar-refractivity contribution in [3.05, 3.63) is 100 Å². The number of H-pyrrole nitrogens is 1. The van der Waals surface area contributed by atoms with Gasteiger partial charge in [0.05, 0.1) is 17.5 Å². The second-order valence-electron chi connectivity index (χ2n) is 6.69. The molecule has 0 atom stereocenters. The van der Waals surface area contributed by atoms with Crippen LogP contribution in [-0.4, -0.2) is 31.8 Å². The highest BCUT2D eigenvalue weighted by Gasteiger charge is 2.16. The molecule has 2 amide bonds. The van der Waals surface area contributed by atoms with E-state index in [9.17, 15) is 14.4 Å². The second kappa shape index (κ2) is 8.46. The van der Waals surface area contributed by atoms with Gasteiger partial charge in [-0.3, -0.25) is 14.4 Å². The minimum Gasteiger partial charge on any atom is -0.322 e. The van der Waals surface area contributed by atoms with Gasteiger partial charge < -0.3 is 10.6 Å². The van der Waals surface area contributed by atoms with Gasteiger partial charge in [-0.2, -0.15) is 10.2 Å². The van der Waals surface area contributed by atoms with Crippen LogP contribution in [0.3, 0.4) is 0 Å². The molecule has 0 aliphatic rings. The number of nitrogens with zero attached hydrogens (tertiary/aromatic N) is 3. The fraction of sp³-hybridized carbons (Fsp3) is 0.0455. The smallest absolute Gasteiger partial charge is 0.264 e. The summed E-state index contributed by atoms with van der Waals surface area (Å²) in [6.45, 7) is 1.73. The summed E-state index contributed by atoms with van der Waals surface area (Å²) in [6, 6.07) is 18.6. The van der Waals surface area contributed by atoms with Crippen molar-refractivity contribution in [2.75, 3.05) is 10.6 Å². The van der Waals surface area contributed by atoms with Crippen molar-refractivity contribution < 1.29 is 9.59 Å². The molecule has 0 unspecified atom stereocenters. The number of hydrogen-bond donors (Lipinski definition) is 3. The highest BCUT2D eigenvalue weighted by atomic mass is 16.2. The first-order valence-corrected chi connectivity index (χ1v) is 9.40. The van der Waals surface area contributed by atoms with Crippen LogP contribution in [0.15, 0.2) is 77.7 Å². The number of aromatic amines is 1. The van der Waals surface area contributed by atoms with Gasteiger partial charge in [-0.1, -0.05) is 24.3 Å². The van der Waals surface area contributed by atoms with E-state index in [2.05, 4.69) is 25.9 Å². The van der Waals surface area contributed by atoms with Crippen molar-refractivity contribution >= 4 is 23.2 Å². The standard InChI is InChI=1S/C22H18N6O3/c1-14-18(13-23-28(14)19-10-11-20(29)27-26-19)22(31)25-17-9-5-8-16(12-17)24-21(30)15-6-3-2-4-7-15/h2-13H,1H3,(H,24,30)(H,25,31)(H,27,29). The number of nitrogens with one attached hydrogen (secondary N) is 3. The van der Waals surface area contributed by atoms with Crippen LogP contribution >= 0.6 is 0 Å². The van der Waals surface area contributed by atoms with Crippen molar-refractivity contribution in [2.24, 2.45) is 0 Å². The highest BCUT2D eigenvalue weighted by molar-refractivity contribution is 6.06. The molecule has 9 heteroatoms. The molecule has 0 bridgehead atoms. The van der Waals surface area contributed by atoms with Gasteiger partial charge in [0.15, 0.2) is 5.82 Å². The van der Waals surface area contributed by atoms with Gasteiger partial charge in [0.25, 0.3) is 17.4 Å². The summed E-state index contributed by atoms with van der Waals surface area (Å²) in [6.07, 6.45) is 1.43. The SMILES string of the molecule is Cc1c(C(=O)Nc2cccc(NC(=O)c3ccccc3)c2)cnn1-c1ccc(=O)[nH]n1. The van der Waals surface area contributed by atoms with Crippen LogP contribution in [0.1, 0.15) is 26.4 Å². The topological polar surface area (TPSA) is 122 Å². The van der Waals surface area contributed by atoms with E-state index in [1.54, 1.807) is 55.5 Å². The first kappa shape index (κ1) is 19.8. The maximum Gasteiger partial charge on any atom is 0.264 e. The molecule has 2 aromatic heterocycles. The predicted molar refractivity (Wildman–Crippen MR) is 116 cm³/mol. The van der Waals surface area contributed by atoms with Crippen LogP contribution in [0.25, 0.3) is 5.82 Å².